The first-order valence-electron chi connectivity index (χ1n) is 7.28. The molecule has 0 saturated carbocycles. The largest absolute Gasteiger partial charge is 0.452 e. The molecule has 0 radical (unpaired) electrons. The van der Waals surface area contributed by atoms with Gasteiger partial charge in [0.25, 0.3) is 5.91 Å². The second-order valence-corrected chi connectivity index (χ2v) is 4.79. The number of esters is 1. The normalized spacial score (nSPS) is 11.2. The molecule has 2 amide bonds. The molecule has 0 heterocycles. The molecule has 1 rings (SSSR count). The van der Waals surface area contributed by atoms with Gasteiger partial charge in [0, 0.05) is 12.6 Å². The first kappa shape index (κ1) is 20.2. The van der Waals surface area contributed by atoms with Gasteiger partial charge in [-0.05, 0) is 30.7 Å². The minimum atomic E-state index is -4.48. The summed E-state index contributed by atoms with van der Waals surface area (Å²) >= 11 is 0. The summed E-state index contributed by atoms with van der Waals surface area (Å²) in [5.41, 5.74) is -0.680. The maximum atomic E-state index is 12.6. The highest BCUT2D eigenvalue weighted by Crippen LogP contribution is 2.29. The Morgan fingerprint density at radius 3 is 2.52 bits per heavy atom. The topological polar surface area (TPSA) is 84.5 Å². The van der Waals surface area contributed by atoms with Gasteiger partial charge >= 0.3 is 12.1 Å². The highest BCUT2D eigenvalue weighted by Gasteiger charge is 2.30. The van der Waals surface area contributed by atoms with Crippen molar-refractivity contribution >= 4 is 23.9 Å². The second-order valence-electron chi connectivity index (χ2n) is 4.79. The van der Waals surface area contributed by atoms with Crippen molar-refractivity contribution in [2.75, 3.05) is 19.7 Å². The van der Waals surface area contributed by atoms with Crippen molar-refractivity contribution < 1.29 is 32.3 Å². The van der Waals surface area contributed by atoms with Crippen LogP contribution < -0.4 is 10.6 Å². The Labute approximate surface area is 142 Å². The van der Waals surface area contributed by atoms with E-state index in [2.05, 4.69) is 15.4 Å². The third-order valence-corrected chi connectivity index (χ3v) is 2.79. The highest BCUT2D eigenvalue weighted by molar-refractivity contribution is 5.90. The third-order valence-electron chi connectivity index (χ3n) is 2.79. The Balaban J connectivity index is 2.45. The summed E-state index contributed by atoms with van der Waals surface area (Å²) in [5, 5.41) is 4.71. The summed E-state index contributed by atoms with van der Waals surface area (Å²) in [6, 6.07) is 4.39. The smallest absolute Gasteiger partial charge is 0.416 e. The zero-order chi connectivity index (χ0) is 18.9. The number of rotatable bonds is 7. The molecule has 0 aliphatic carbocycles. The van der Waals surface area contributed by atoms with Crippen molar-refractivity contribution in [3.05, 3.63) is 41.5 Å². The Morgan fingerprint density at radius 1 is 1.16 bits per heavy atom. The van der Waals surface area contributed by atoms with Crippen LogP contribution in [-0.2, 0) is 25.3 Å². The fourth-order valence-corrected chi connectivity index (χ4v) is 1.66. The van der Waals surface area contributed by atoms with E-state index in [0.29, 0.717) is 6.54 Å². The molecule has 6 nitrogen and oxygen atoms in total. The molecule has 0 unspecified atom stereocenters. The predicted molar refractivity (Wildman–Crippen MR) is 83.1 cm³/mol. The summed E-state index contributed by atoms with van der Waals surface area (Å²) in [6.45, 7) is 1.29. The molecule has 0 aliphatic heterocycles. The SMILES string of the molecule is CCNC(=O)CNC(=O)COC(=O)/C=C/c1cccc(C(F)(F)F)c1. The van der Waals surface area contributed by atoms with Crippen LogP contribution >= 0.6 is 0 Å². The summed E-state index contributed by atoms with van der Waals surface area (Å²) < 4.78 is 42.3. The average Bonchev–Trinajstić information content (AvgIpc) is 2.56. The quantitative estimate of drug-likeness (QED) is 0.572. The van der Waals surface area contributed by atoms with E-state index in [1.165, 1.54) is 12.1 Å². The molecule has 25 heavy (non-hydrogen) atoms. The van der Waals surface area contributed by atoms with Crippen LogP contribution in [0.1, 0.15) is 18.1 Å². The number of likely N-dealkylation sites (N-methyl/N-ethyl adjacent to an activating group) is 1. The molecule has 1 aromatic rings. The Kier molecular flexibility index (Phi) is 7.64. The van der Waals surface area contributed by atoms with Gasteiger partial charge in [0.05, 0.1) is 12.1 Å². The summed E-state index contributed by atoms with van der Waals surface area (Å²) in [6.07, 6.45) is -2.43. The summed E-state index contributed by atoms with van der Waals surface area (Å²) in [5.74, 6) is -1.95. The van der Waals surface area contributed by atoms with E-state index in [1.807, 2.05) is 0 Å². The summed E-state index contributed by atoms with van der Waals surface area (Å²) in [7, 11) is 0. The lowest BCUT2D eigenvalue weighted by Crippen LogP contribution is -2.38. The van der Waals surface area contributed by atoms with Gasteiger partial charge in [-0.15, -0.1) is 0 Å². The van der Waals surface area contributed by atoms with Gasteiger partial charge < -0.3 is 15.4 Å². The van der Waals surface area contributed by atoms with Crippen LogP contribution in [-0.4, -0.2) is 37.5 Å². The van der Waals surface area contributed by atoms with Crippen LogP contribution in [0.15, 0.2) is 30.3 Å². The Morgan fingerprint density at radius 2 is 1.88 bits per heavy atom. The lowest BCUT2D eigenvalue weighted by atomic mass is 10.1. The van der Waals surface area contributed by atoms with Crippen LogP contribution in [0.25, 0.3) is 6.08 Å². The van der Waals surface area contributed by atoms with E-state index in [4.69, 9.17) is 0 Å². The van der Waals surface area contributed by atoms with Crippen LogP contribution in [0.3, 0.4) is 0 Å². The first-order valence-corrected chi connectivity index (χ1v) is 7.28. The minimum Gasteiger partial charge on any atom is -0.452 e. The number of amides is 2. The standard InChI is InChI=1S/C16H17F3N2O4/c1-2-20-13(22)9-21-14(23)10-25-15(24)7-6-11-4-3-5-12(8-11)16(17,18)19/h3-8H,2,9-10H2,1H3,(H,20,22)(H,21,23)/b7-6+. The molecule has 0 fully saturated rings. The molecule has 0 bridgehead atoms. The fourth-order valence-electron chi connectivity index (χ4n) is 1.66. The van der Waals surface area contributed by atoms with Crippen LogP contribution in [0.2, 0.25) is 0 Å². The first-order chi connectivity index (χ1) is 11.7. The lowest BCUT2D eigenvalue weighted by Gasteiger charge is -2.06. The van der Waals surface area contributed by atoms with Gasteiger partial charge in [0.2, 0.25) is 5.91 Å². The van der Waals surface area contributed by atoms with Crippen LogP contribution in [0, 0.1) is 0 Å². The number of hydrogen-bond donors (Lipinski definition) is 2. The molecule has 136 valence electrons. The molecule has 0 aromatic heterocycles. The molecule has 0 spiro atoms. The second kappa shape index (κ2) is 9.45. The van der Waals surface area contributed by atoms with Crippen molar-refractivity contribution in [2.24, 2.45) is 0 Å². The fraction of sp³-hybridized carbons (Fsp3) is 0.312. The zero-order valence-corrected chi connectivity index (χ0v) is 13.4. The van der Waals surface area contributed by atoms with Gasteiger partial charge in [-0.2, -0.15) is 13.2 Å². The van der Waals surface area contributed by atoms with Gasteiger partial charge in [0.15, 0.2) is 6.61 Å². The van der Waals surface area contributed by atoms with Crippen molar-refractivity contribution in [2.45, 2.75) is 13.1 Å². The molecular weight excluding hydrogens is 341 g/mol. The van der Waals surface area contributed by atoms with Gasteiger partial charge in [-0.3, -0.25) is 9.59 Å². The Hall–Kier alpha value is -2.84. The van der Waals surface area contributed by atoms with E-state index < -0.39 is 30.2 Å². The maximum absolute atomic E-state index is 12.6. The van der Waals surface area contributed by atoms with Crippen LogP contribution in [0.5, 0.6) is 0 Å². The van der Waals surface area contributed by atoms with Crippen molar-refractivity contribution in [1.82, 2.24) is 10.6 Å². The number of ether oxygens (including phenoxy) is 1. The number of nitrogens with one attached hydrogen (secondary N) is 2. The summed E-state index contributed by atoms with van der Waals surface area (Å²) in [4.78, 5) is 33.9. The number of alkyl halides is 3. The molecule has 1 aromatic carbocycles. The molecule has 2 N–H and O–H groups in total. The lowest BCUT2D eigenvalue weighted by molar-refractivity contribution is -0.143. The number of carbonyl (C=O) groups excluding carboxylic acids is 3. The van der Waals surface area contributed by atoms with Gasteiger partial charge in [-0.1, -0.05) is 12.1 Å². The van der Waals surface area contributed by atoms with Gasteiger partial charge in [0.1, 0.15) is 0 Å². The number of carbonyl (C=O) groups is 3. The third kappa shape index (κ3) is 8.00. The van der Waals surface area contributed by atoms with E-state index in [-0.39, 0.29) is 18.0 Å². The number of benzene rings is 1. The molecular formula is C16H17F3N2O4. The van der Waals surface area contributed by atoms with E-state index in [1.54, 1.807) is 6.92 Å². The predicted octanol–water partition coefficient (Wildman–Crippen LogP) is 1.51. The maximum Gasteiger partial charge on any atom is 0.416 e. The highest BCUT2D eigenvalue weighted by atomic mass is 19.4. The zero-order valence-electron chi connectivity index (χ0n) is 13.4. The van der Waals surface area contributed by atoms with E-state index >= 15 is 0 Å². The van der Waals surface area contributed by atoms with E-state index in [9.17, 15) is 27.6 Å². The number of hydrogen-bond acceptors (Lipinski definition) is 4. The van der Waals surface area contributed by atoms with Crippen LogP contribution in [0.4, 0.5) is 13.2 Å². The van der Waals surface area contributed by atoms with Crippen molar-refractivity contribution in [3.8, 4) is 0 Å². The number of halogens is 3. The average molecular weight is 358 g/mol. The molecule has 0 atom stereocenters. The molecule has 0 aliphatic rings. The van der Waals surface area contributed by atoms with Crippen molar-refractivity contribution in [1.29, 1.82) is 0 Å². The Bertz CT molecular complexity index is 657. The van der Waals surface area contributed by atoms with Crippen molar-refractivity contribution in [3.63, 3.8) is 0 Å². The molecule has 0 saturated heterocycles. The monoisotopic (exact) mass is 358 g/mol. The molecule has 9 heteroatoms. The van der Waals surface area contributed by atoms with E-state index in [0.717, 1.165) is 24.3 Å². The van der Waals surface area contributed by atoms with Gasteiger partial charge in [-0.25, -0.2) is 4.79 Å². The minimum absolute atomic E-state index is 0.160.